The van der Waals surface area contributed by atoms with Gasteiger partial charge in [-0.3, -0.25) is 9.59 Å². The number of carbonyl (C=O) groups excluding carboxylic acids is 2. The number of anilines is 2. The number of ether oxygens (including phenoxy) is 1. The van der Waals surface area contributed by atoms with Gasteiger partial charge in [0.1, 0.15) is 17.4 Å². The molecule has 1 heterocycles. The molecular weight excluding hydrogens is 294 g/mol. The Morgan fingerprint density at radius 3 is 2.82 bits per heavy atom. The SMILES string of the molecule is O=C1COc2cc(NC(=O)c3cc(F)ccc3F)ccc2N1. The number of hydrogen-bond acceptors (Lipinski definition) is 3. The summed E-state index contributed by atoms with van der Waals surface area (Å²) in [4.78, 5) is 23.1. The van der Waals surface area contributed by atoms with E-state index in [1.165, 1.54) is 12.1 Å². The predicted octanol–water partition coefficient (Wildman–Crippen LogP) is 2.55. The first kappa shape index (κ1) is 14.0. The summed E-state index contributed by atoms with van der Waals surface area (Å²) in [6, 6.07) is 7.19. The fourth-order valence-electron chi connectivity index (χ4n) is 2.02. The summed E-state index contributed by atoms with van der Waals surface area (Å²) in [7, 11) is 0. The van der Waals surface area contributed by atoms with Crippen molar-refractivity contribution >= 4 is 23.2 Å². The molecule has 0 spiro atoms. The molecule has 2 aromatic rings. The second-order valence-corrected chi connectivity index (χ2v) is 4.63. The number of carbonyl (C=O) groups is 2. The number of fused-ring (bicyclic) bond motifs is 1. The molecule has 0 saturated carbocycles. The first-order valence-electron chi connectivity index (χ1n) is 6.36. The fourth-order valence-corrected chi connectivity index (χ4v) is 2.02. The van der Waals surface area contributed by atoms with Gasteiger partial charge in [0.15, 0.2) is 6.61 Å². The molecule has 2 aromatic carbocycles. The smallest absolute Gasteiger partial charge is 0.262 e. The van der Waals surface area contributed by atoms with Crippen LogP contribution >= 0.6 is 0 Å². The Morgan fingerprint density at radius 2 is 2.00 bits per heavy atom. The van der Waals surface area contributed by atoms with Gasteiger partial charge in [0.2, 0.25) is 0 Å². The van der Waals surface area contributed by atoms with E-state index in [1.807, 2.05) is 0 Å². The molecule has 0 radical (unpaired) electrons. The van der Waals surface area contributed by atoms with Gasteiger partial charge in [0.25, 0.3) is 11.8 Å². The lowest BCUT2D eigenvalue weighted by Gasteiger charge is -2.18. The van der Waals surface area contributed by atoms with Gasteiger partial charge in [-0.15, -0.1) is 0 Å². The van der Waals surface area contributed by atoms with E-state index in [4.69, 9.17) is 4.74 Å². The molecule has 3 rings (SSSR count). The minimum atomic E-state index is -0.819. The van der Waals surface area contributed by atoms with Gasteiger partial charge < -0.3 is 15.4 Å². The highest BCUT2D eigenvalue weighted by Gasteiger charge is 2.18. The maximum Gasteiger partial charge on any atom is 0.262 e. The standard InChI is InChI=1S/C15H10F2N2O3/c16-8-1-3-11(17)10(5-8)15(21)18-9-2-4-12-13(6-9)22-7-14(20)19-12/h1-6H,7H2,(H,18,21)(H,19,20). The average molecular weight is 304 g/mol. The number of rotatable bonds is 2. The van der Waals surface area contributed by atoms with Crippen LogP contribution in [0.5, 0.6) is 5.75 Å². The lowest BCUT2D eigenvalue weighted by Crippen LogP contribution is -2.25. The Bertz CT molecular complexity index is 777. The summed E-state index contributed by atoms with van der Waals surface area (Å²) in [5.74, 6) is -2.19. The van der Waals surface area contributed by atoms with Crippen molar-refractivity contribution in [1.82, 2.24) is 0 Å². The number of nitrogens with one attached hydrogen (secondary N) is 2. The van der Waals surface area contributed by atoms with Gasteiger partial charge in [-0.2, -0.15) is 0 Å². The number of benzene rings is 2. The molecule has 0 saturated heterocycles. The molecule has 0 unspecified atom stereocenters. The normalized spacial score (nSPS) is 12.9. The Hall–Kier alpha value is -2.96. The van der Waals surface area contributed by atoms with Crippen molar-refractivity contribution < 1.29 is 23.1 Å². The van der Waals surface area contributed by atoms with Crippen LogP contribution in [0.4, 0.5) is 20.2 Å². The van der Waals surface area contributed by atoms with Gasteiger partial charge in [0, 0.05) is 11.8 Å². The van der Waals surface area contributed by atoms with Crippen LogP contribution in [0, 0.1) is 11.6 Å². The first-order chi connectivity index (χ1) is 10.5. The summed E-state index contributed by atoms with van der Waals surface area (Å²) in [6.45, 7) is -0.122. The third-order valence-electron chi connectivity index (χ3n) is 3.05. The molecule has 0 bridgehead atoms. The maximum atomic E-state index is 13.5. The molecule has 22 heavy (non-hydrogen) atoms. The zero-order valence-corrected chi connectivity index (χ0v) is 11.2. The van der Waals surface area contributed by atoms with E-state index in [0.717, 1.165) is 18.2 Å². The lowest BCUT2D eigenvalue weighted by atomic mass is 10.1. The molecule has 1 aliphatic rings. The van der Waals surface area contributed by atoms with E-state index in [2.05, 4.69) is 10.6 Å². The largest absolute Gasteiger partial charge is 0.482 e. The van der Waals surface area contributed by atoms with Crippen molar-refractivity contribution in [2.24, 2.45) is 0 Å². The Labute approximate surface area is 123 Å². The van der Waals surface area contributed by atoms with Crippen molar-refractivity contribution in [1.29, 1.82) is 0 Å². The van der Waals surface area contributed by atoms with Gasteiger partial charge in [-0.1, -0.05) is 0 Å². The fraction of sp³-hybridized carbons (Fsp3) is 0.0667. The summed E-state index contributed by atoms with van der Waals surface area (Å²) >= 11 is 0. The molecule has 1 aliphatic heterocycles. The molecule has 2 amide bonds. The Kier molecular flexibility index (Phi) is 3.46. The highest BCUT2D eigenvalue weighted by Crippen LogP contribution is 2.30. The van der Waals surface area contributed by atoms with Crippen LogP contribution in [0.25, 0.3) is 0 Å². The van der Waals surface area contributed by atoms with Crippen LogP contribution in [-0.2, 0) is 4.79 Å². The third kappa shape index (κ3) is 2.73. The molecule has 0 atom stereocenters. The minimum absolute atomic E-state index is 0.122. The van der Waals surface area contributed by atoms with Crippen LogP contribution < -0.4 is 15.4 Å². The number of amides is 2. The highest BCUT2D eigenvalue weighted by atomic mass is 19.1. The van der Waals surface area contributed by atoms with E-state index in [1.54, 1.807) is 6.07 Å². The predicted molar refractivity (Wildman–Crippen MR) is 74.9 cm³/mol. The number of halogens is 2. The highest BCUT2D eigenvalue weighted by molar-refractivity contribution is 6.05. The van der Waals surface area contributed by atoms with Crippen molar-refractivity contribution in [2.75, 3.05) is 17.2 Å². The maximum absolute atomic E-state index is 13.5. The van der Waals surface area contributed by atoms with E-state index in [-0.39, 0.29) is 12.5 Å². The first-order valence-corrected chi connectivity index (χ1v) is 6.36. The van der Waals surface area contributed by atoms with Gasteiger partial charge >= 0.3 is 0 Å². The quantitative estimate of drug-likeness (QED) is 0.896. The average Bonchev–Trinajstić information content (AvgIpc) is 2.49. The molecule has 0 aliphatic carbocycles. The lowest BCUT2D eigenvalue weighted by molar-refractivity contribution is -0.118. The summed E-state index contributed by atoms with van der Waals surface area (Å²) in [5, 5.41) is 5.05. The van der Waals surface area contributed by atoms with Crippen molar-refractivity contribution in [3.05, 3.63) is 53.6 Å². The molecule has 7 heteroatoms. The second kappa shape index (κ2) is 5.44. The van der Waals surface area contributed by atoms with Crippen LogP contribution in [0.15, 0.2) is 36.4 Å². The van der Waals surface area contributed by atoms with Crippen molar-refractivity contribution in [2.45, 2.75) is 0 Å². The second-order valence-electron chi connectivity index (χ2n) is 4.63. The van der Waals surface area contributed by atoms with Crippen LogP contribution in [0.3, 0.4) is 0 Å². The zero-order valence-electron chi connectivity index (χ0n) is 11.2. The molecule has 112 valence electrons. The Balaban J connectivity index is 1.83. The van der Waals surface area contributed by atoms with Crippen molar-refractivity contribution in [3.63, 3.8) is 0 Å². The summed E-state index contributed by atoms with van der Waals surface area (Å²) in [6.07, 6.45) is 0. The zero-order chi connectivity index (χ0) is 15.7. The molecule has 2 N–H and O–H groups in total. The van der Waals surface area contributed by atoms with E-state index < -0.39 is 23.1 Å². The van der Waals surface area contributed by atoms with Crippen molar-refractivity contribution in [3.8, 4) is 5.75 Å². The van der Waals surface area contributed by atoms with Gasteiger partial charge in [0.05, 0.1) is 11.3 Å². The number of hydrogen-bond donors (Lipinski definition) is 2. The summed E-state index contributed by atoms with van der Waals surface area (Å²) < 4.78 is 31.8. The molecule has 0 aromatic heterocycles. The summed E-state index contributed by atoms with van der Waals surface area (Å²) in [5.41, 5.74) is 0.418. The Morgan fingerprint density at radius 1 is 1.18 bits per heavy atom. The molecule has 0 fully saturated rings. The minimum Gasteiger partial charge on any atom is -0.482 e. The van der Waals surface area contributed by atoms with Crippen LogP contribution in [0.1, 0.15) is 10.4 Å². The topological polar surface area (TPSA) is 67.4 Å². The van der Waals surface area contributed by atoms with E-state index in [9.17, 15) is 18.4 Å². The van der Waals surface area contributed by atoms with E-state index in [0.29, 0.717) is 17.1 Å². The van der Waals surface area contributed by atoms with E-state index >= 15 is 0 Å². The third-order valence-corrected chi connectivity index (χ3v) is 3.05. The van der Waals surface area contributed by atoms with Gasteiger partial charge in [-0.25, -0.2) is 8.78 Å². The van der Waals surface area contributed by atoms with Gasteiger partial charge in [-0.05, 0) is 30.3 Å². The van der Waals surface area contributed by atoms with Crippen LogP contribution in [0.2, 0.25) is 0 Å². The monoisotopic (exact) mass is 304 g/mol. The van der Waals surface area contributed by atoms with Crippen LogP contribution in [-0.4, -0.2) is 18.4 Å². The molecular formula is C15H10F2N2O3. The molecule has 5 nitrogen and oxygen atoms in total.